The molecule has 2 amide bonds. The summed E-state index contributed by atoms with van der Waals surface area (Å²) in [7, 11) is 0. The van der Waals surface area contributed by atoms with E-state index < -0.39 is 12.1 Å². The lowest BCUT2D eigenvalue weighted by atomic mass is 10.1. The van der Waals surface area contributed by atoms with E-state index in [2.05, 4.69) is 0 Å². The van der Waals surface area contributed by atoms with Crippen LogP contribution in [0, 0.1) is 0 Å². The Kier molecular flexibility index (Phi) is 2.33. The largest absolute Gasteiger partial charge is 0.464 e. The molecule has 2 aliphatic rings. The summed E-state index contributed by atoms with van der Waals surface area (Å²) < 4.78 is 0. The van der Waals surface area contributed by atoms with Crippen LogP contribution in [0.3, 0.4) is 0 Å². The lowest BCUT2D eigenvalue weighted by molar-refractivity contribution is -0.121. The molecule has 18 heavy (non-hydrogen) atoms. The Hall–Kier alpha value is -2.30. The number of carbonyl (C=O) groups excluding carboxylic acids is 1. The van der Waals surface area contributed by atoms with Gasteiger partial charge in [0, 0.05) is 6.54 Å². The van der Waals surface area contributed by atoms with Crippen molar-refractivity contribution in [3.63, 3.8) is 0 Å². The Morgan fingerprint density at radius 1 is 1.33 bits per heavy atom. The second-order valence-electron chi connectivity index (χ2n) is 4.39. The van der Waals surface area contributed by atoms with E-state index >= 15 is 0 Å². The molecular formula is C13H12N2O3. The topological polar surface area (TPSA) is 60.9 Å². The van der Waals surface area contributed by atoms with E-state index in [0.717, 1.165) is 10.5 Å². The molecule has 1 atom stereocenters. The summed E-state index contributed by atoms with van der Waals surface area (Å²) >= 11 is 0. The highest BCUT2D eigenvalue weighted by Gasteiger charge is 2.38. The minimum absolute atomic E-state index is 0.377. The highest BCUT2D eigenvalue weighted by Crippen LogP contribution is 2.31. The van der Waals surface area contributed by atoms with E-state index in [-0.39, 0.29) is 5.91 Å². The fourth-order valence-corrected chi connectivity index (χ4v) is 2.49. The smallest absolute Gasteiger partial charge is 0.418 e. The van der Waals surface area contributed by atoms with Crippen LogP contribution in [0.5, 0.6) is 0 Å². The van der Waals surface area contributed by atoms with Gasteiger partial charge in [0.05, 0.1) is 5.69 Å². The van der Waals surface area contributed by atoms with Crippen LogP contribution in [-0.2, 0) is 11.3 Å². The van der Waals surface area contributed by atoms with Crippen molar-refractivity contribution in [1.82, 2.24) is 4.90 Å². The van der Waals surface area contributed by atoms with Gasteiger partial charge in [0.1, 0.15) is 6.04 Å². The molecule has 0 radical (unpaired) electrons. The highest BCUT2D eigenvalue weighted by atomic mass is 16.4. The van der Waals surface area contributed by atoms with Gasteiger partial charge in [-0.1, -0.05) is 24.3 Å². The predicted molar refractivity (Wildman–Crippen MR) is 65.0 cm³/mol. The first-order valence-corrected chi connectivity index (χ1v) is 5.75. The van der Waals surface area contributed by atoms with Crippen molar-refractivity contribution in [3.05, 3.63) is 42.1 Å². The lowest BCUT2D eigenvalue weighted by Gasteiger charge is -2.23. The van der Waals surface area contributed by atoms with Gasteiger partial charge in [-0.25, -0.2) is 9.69 Å². The van der Waals surface area contributed by atoms with Crippen molar-refractivity contribution in [2.45, 2.75) is 19.0 Å². The van der Waals surface area contributed by atoms with Gasteiger partial charge in [-0.2, -0.15) is 0 Å². The van der Waals surface area contributed by atoms with Crippen molar-refractivity contribution in [2.24, 2.45) is 0 Å². The molecule has 1 aromatic rings. The van der Waals surface area contributed by atoms with Crippen LogP contribution in [0.25, 0.3) is 0 Å². The summed E-state index contributed by atoms with van der Waals surface area (Å²) in [5.41, 5.74) is 1.32. The quantitative estimate of drug-likeness (QED) is 0.756. The van der Waals surface area contributed by atoms with Crippen LogP contribution >= 0.6 is 0 Å². The normalized spacial score (nSPS) is 21.6. The number of benzene rings is 1. The fourth-order valence-electron chi connectivity index (χ4n) is 2.49. The third-order valence-corrected chi connectivity index (χ3v) is 3.34. The first kappa shape index (κ1) is 10.8. The lowest BCUT2D eigenvalue weighted by Crippen LogP contribution is -2.45. The Balaban J connectivity index is 2.14. The standard InChI is InChI=1S/C13H12N2O3/c16-12-11-6-3-7-14(11)8-9-4-1-2-5-10(9)15(12)13(17)18/h1-5,7,11H,6,8H2,(H,17,18). The van der Waals surface area contributed by atoms with E-state index in [4.69, 9.17) is 0 Å². The Bertz CT molecular complexity index is 553. The van der Waals surface area contributed by atoms with Crippen LogP contribution in [-0.4, -0.2) is 28.0 Å². The molecule has 3 rings (SSSR count). The number of rotatable bonds is 0. The van der Waals surface area contributed by atoms with Gasteiger partial charge in [0.2, 0.25) is 0 Å². The molecule has 0 saturated heterocycles. The van der Waals surface area contributed by atoms with Crippen LogP contribution < -0.4 is 4.90 Å². The fraction of sp³-hybridized carbons (Fsp3) is 0.231. The summed E-state index contributed by atoms with van der Waals surface area (Å²) in [6, 6.07) is 6.73. The predicted octanol–water partition coefficient (Wildman–Crippen LogP) is 1.80. The average Bonchev–Trinajstić information content (AvgIpc) is 2.75. The molecule has 2 aliphatic heterocycles. The number of para-hydroxylation sites is 1. The van der Waals surface area contributed by atoms with Crippen LogP contribution in [0.2, 0.25) is 0 Å². The van der Waals surface area contributed by atoms with Gasteiger partial charge >= 0.3 is 6.09 Å². The Morgan fingerprint density at radius 3 is 2.89 bits per heavy atom. The summed E-state index contributed by atoms with van der Waals surface area (Å²) in [6.07, 6.45) is 3.11. The third-order valence-electron chi connectivity index (χ3n) is 3.34. The average molecular weight is 244 g/mol. The zero-order chi connectivity index (χ0) is 12.7. The summed E-state index contributed by atoms with van der Waals surface area (Å²) in [4.78, 5) is 26.4. The van der Waals surface area contributed by atoms with Crippen molar-refractivity contribution in [2.75, 3.05) is 4.90 Å². The van der Waals surface area contributed by atoms with Crippen LogP contribution in [0.4, 0.5) is 10.5 Å². The Labute approximate surface area is 104 Å². The second kappa shape index (κ2) is 3.87. The molecule has 0 aromatic heterocycles. The van der Waals surface area contributed by atoms with Gasteiger partial charge in [0.25, 0.3) is 5.91 Å². The first-order chi connectivity index (χ1) is 8.68. The number of imide groups is 1. The maximum atomic E-state index is 12.3. The minimum atomic E-state index is -1.22. The molecule has 0 aliphatic carbocycles. The van der Waals surface area contributed by atoms with Gasteiger partial charge < -0.3 is 10.0 Å². The number of carboxylic acid groups (broad SMARTS) is 1. The molecule has 5 heteroatoms. The second-order valence-corrected chi connectivity index (χ2v) is 4.39. The number of anilines is 1. The summed E-state index contributed by atoms with van der Waals surface area (Å²) in [6.45, 7) is 0.562. The van der Waals surface area contributed by atoms with Gasteiger partial charge in [0.15, 0.2) is 0 Å². The van der Waals surface area contributed by atoms with Crippen LogP contribution in [0.1, 0.15) is 12.0 Å². The van der Waals surface area contributed by atoms with Gasteiger partial charge in [-0.3, -0.25) is 4.79 Å². The molecule has 1 aromatic carbocycles. The van der Waals surface area contributed by atoms with Gasteiger partial charge in [-0.05, 0) is 24.3 Å². The number of hydrogen-bond donors (Lipinski definition) is 1. The maximum Gasteiger partial charge on any atom is 0.418 e. The van der Waals surface area contributed by atoms with E-state index in [1.165, 1.54) is 0 Å². The van der Waals surface area contributed by atoms with E-state index in [9.17, 15) is 14.7 Å². The van der Waals surface area contributed by atoms with Gasteiger partial charge in [-0.15, -0.1) is 0 Å². The molecule has 0 spiro atoms. The molecule has 92 valence electrons. The van der Waals surface area contributed by atoms with Crippen molar-refractivity contribution >= 4 is 17.7 Å². The van der Waals surface area contributed by atoms with Crippen molar-refractivity contribution < 1.29 is 14.7 Å². The van der Waals surface area contributed by atoms with E-state index in [1.807, 2.05) is 29.3 Å². The maximum absolute atomic E-state index is 12.3. The van der Waals surface area contributed by atoms with E-state index in [1.54, 1.807) is 12.1 Å². The number of amides is 2. The highest BCUT2D eigenvalue weighted by molar-refractivity contribution is 6.14. The SMILES string of the molecule is O=C(O)N1C(=O)C2CC=CN2Cc2ccccc21. The summed E-state index contributed by atoms with van der Waals surface area (Å²) in [5, 5.41) is 9.27. The summed E-state index contributed by atoms with van der Waals surface area (Å²) in [5.74, 6) is -0.377. The molecule has 1 N–H and O–H groups in total. The number of nitrogens with zero attached hydrogens (tertiary/aromatic N) is 2. The molecule has 1 unspecified atom stereocenters. The molecule has 0 fully saturated rings. The number of fused-ring (bicyclic) bond motifs is 2. The molecule has 5 nitrogen and oxygen atoms in total. The third kappa shape index (κ3) is 1.48. The zero-order valence-corrected chi connectivity index (χ0v) is 9.61. The Morgan fingerprint density at radius 2 is 2.11 bits per heavy atom. The monoisotopic (exact) mass is 244 g/mol. The zero-order valence-electron chi connectivity index (χ0n) is 9.61. The molecule has 0 saturated carbocycles. The van der Waals surface area contributed by atoms with Crippen LogP contribution in [0.15, 0.2) is 36.5 Å². The number of hydrogen-bond acceptors (Lipinski definition) is 3. The molecule has 0 bridgehead atoms. The number of carbonyl (C=O) groups is 2. The van der Waals surface area contributed by atoms with Crippen molar-refractivity contribution in [3.8, 4) is 0 Å². The van der Waals surface area contributed by atoms with Crippen molar-refractivity contribution in [1.29, 1.82) is 0 Å². The molecular weight excluding hydrogens is 232 g/mol. The minimum Gasteiger partial charge on any atom is -0.464 e. The first-order valence-electron chi connectivity index (χ1n) is 5.75. The van der Waals surface area contributed by atoms with E-state index in [0.29, 0.717) is 18.7 Å². The molecule has 2 heterocycles.